The predicted octanol–water partition coefficient (Wildman–Crippen LogP) is 15.6. The Balaban J connectivity index is 1.06. The van der Waals surface area contributed by atoms with E-state index in [-0.39, 0.29) is 5.41 Å². The highest BCUT2D eigenvalue weighted by atomic mass is 16.3. The number of nitrogens with zero attached hydrogens (tertiary/aromatic N) is 5. The zero-order valence-electron chi connectivity index (χ0n) is 39.0. The third-order valence-corrected chi connectivity index (χ3v) is 14.8. The molecule has 6 heteroatoms. The second kappa shape index (κ2) is 15.7. The van der Waals surface area contributed by atoms with Gasteiger partial charge in [-0.1, -0.05) is 214 Å². The Morgan fingerprint density at radius 1 is 0.338 bits per heavy atom. The van der Waals surface area contributed by atoms with Crippen LogP contribution in [-0.4, -0.2) is 24.9 Å². The summed E-state index contributed by atoms with van der Waals surface area (Å²) < 4.78 is 6.66. The molecule has 3 aromatic heterocycles. The van der Waals surface area contributed by atoms with Crippen molar-refractivity contribution in [3.63, 3.8) is 0 Å². The molecule has 0 saturated heterocycles. The molecule has 3 heterocycles. The summed E-state index contributed by atoms with van der Waals surface area (Å²) in [6.45, 7) is 4.71. The number of hydrogen-bond donors (Lipinski definition) is 0. The number of furan rings is 1. The predicted molar refractivity (Wildman–Crippen MR) is 285 cm³/mol. The zero-order chi connectivity index (χ0) is 47.3. The second-order valence-electron chi connectivity index (χ2n) is 19.1. The SMILES string of the molecule is CC1(C)c2ccccc2C2(c3ccc(-c4nc(-c5cccc(-c6ccccc6)c5)c5oc6ccccc6c5n4)cc3-c3c(-c4nc(-c5ccccc5)nc(-c5ccccc5)n4)cccc32)c2ccccc21. The molecule has 2 aliphatic rings. The zero-order valence-corrected chi connectivity index (χ0v) is 39.0. The van der Waals surface area contributed by atoms with Crippen molar-refractivity contribution in [1.29, 1.82) is 0 Å². The first kappa shape index (κ1) is 40.9. The van der Waals surface area contributed by atoms with Crippen LogP contribution < -0.4 is 0 Å². The van der Waals surface area contributed by atoms with Crippen LogP contribution >= 0.6 is 0 Å². The Bertz CT molecular complexity index is 3980. The number of aromatic nitrogens is 5. The number of hydrogen-bond acceptors (Lipinski definition) is 6. The first-order valence-corrected chi connectivity index (χ1v) is 24.2. The average Bonchev–Trinajstić information content (AvgIpc) is 3.97. The Morgan fingerprint density at radius 3 is 1.54 bits per heavy atom. The summed E-state index contributed by atoms with van der Waals surface area (Å²) in [5, 5.41) is 0.940. The van der Waals surface area contributed by atoms with Crippen LogP contribution in [0.15, 0.2) is 229 Å². The minimum Gasteiger partial charge on any atom is -0.452 e. The fourth-order valence-corrected chi connectivity index (χ4v) is 11.6. The lowest BCUT2D eigenvalue weighted by Gasteiger charge is -2.46. The van der Waals surface area contributed by atoms with E-state index >= 15 is 0 Å². The van der Waals surface area contributed by atoms with Gasteiger partial charge in [-0.25, -0.2) is 24.9 Å². The molecule has 14 rings (SSSR count). The van der Waals surface area contributed by atoms with Crippen LogP contribution in [0.5, 0.6) is 0 Å². The lowest BCUT2D eigenvalue weighted by Crippen LogP contribution is -2.40. The first-order chi connectivity index (χ1) is 34.9. The van der Waals surface area contributed by atoms with Crippen molar-refractivity contribution >= 4 is 22.1 Å². The van der Waals surface area contributed by atoms with Crippen LogP contribution in [0.2, 0.25) is 0 Å². The van der Waals surface area contributed by atoms with Crippen molar-refractivity contribution in [2.24, 2.45) is 0 Å². The highest BCUT2D eigenvalue weighted by molar-refractivity contribution is 6.07. The number of fused-ring (bicyclic) bond motifs is 12. The highest BCUT2D eigenvalue weighted by Crippen LogP contribution is 2.63. The van der Waals surface area contributed by atoms with Crippen LogP contribution in [0.1, 0.15) is 47.2 Å². The molecule has 0 amide bonds. The van der Waals surface area contributed by atoms with E-state index in [0.29, 0.717) is 28.9 Å². The van der Waals surface area contributed by atoms with Gasteiger partial charge in [-0.3, -0.25) is 0 Å². The van der Waals surface area contributed by atoms with Gasteiger partial charge in [0.05, 0.1) is 5.41 Å². The molecule has 0 unspecified atom stereocenters. The lowest BCUT2D eigenvalue weighted by atomic mass is 9.55. The summed E-state index contributed by atoms with van der Waals surface area (Å²) in [6.07, 6.45) is 0. The van der Waals surface area contributed by atoms with Gasteiger partial charge >= 0.3 is 0 Å². The largest absolute Gasteiger partial charge is 0.452 e. The normalized spacial score (nSPS) is 13.7. The maximum atomic E-state index is 6.66. The van der Waals surface area contributed by atoms with Gasteiger partial charge in [-0.2, -0.15) is 0 Å². The summed E-state index contributed by atoms with van der Waals surface area (Å²) in [5.41, 5.74) is 18.5. The number of rotatable bonds is 6. The van der Waals surface area contributed by atoms with Gasteiger partial charge in [-0.15, -0.1) is 0 Å². The van der Waals surface area contributed by atoms with Gasteiger partial charge in [0.1, 0.15) is 16.8 Å². The van der Waals surface area contributed by atoms with E-state index in [9.17, 15) is 0 Å². The lowest BCUT2D eigenvalue weighted by molar-refractivity contribution is 0.563. The molecule has 0 N–H and O–H groups in total. The Kier molecular flexibility index (Phi) is 9.05. The summed E-state index contributed by atoms with van der Waals surface area (Å²) in [7, 11) is 0. The quantitative estimate of drug-likeness (QED) is 0.165. The molecule has 0 aliphatic heterocycles. The smallest absolute Gasteiger partial charge is 0.180 e. The van der Waals surface area contributed by atoms with Crippen LogP contribution in [0, 0.1) is 0 Å². The Morgan fingerprint density at radius 2 is 0.859 bits per heavy atom. The molecule has 9 aromatic carbocycles. The van der Waals surface area contributed by atoms with E-state index in [1.54, 1.807) is 0 Å². The Hall–Kier alpha value is -9.13. The molecule has 0 radical (unpaired) electrons. The van der Waals surface area contributed by atoms with Crippen molar-refractivity contribution in [2.75, 3.05) is 0 Å². The van der Waals surface area contributed by atoms with Gasteiger partial charge in [0.2, 0.25) is 0 Å². The highest BCUT2D eigenvalue weighted by Gasteiger charge is 2.54. The molecule has 71 heavy (non-hydrogen) atoms. The molecule has 12 aromatic rings. The van der Waals surface area contributed by atoms with Gasteiger partial charge in [0, 0.05) is 38.6 Å². The van der Waals surface area contributed by atoms with E-state index in [0.717, 1.165) is 72.3 Å². The second-order valence-corrected chi connectivity index (χ2v) is 19.1. The number of para-hydroxylation sites is 1. The topological polar surface area (TPSA) is 77.6 Å². The molecule has 0 saturated carbocycles. The molecule has 2 aliphatic carbocycles. The van der Waals surface area contributed by atoms with E-state index in [4.69, 9.17) is 29.3 Å². The number of benzene rings is 9. The molecule has 1 spiro atoms. The fraction of sp³-hybridized carbons (Fsp3) is 0.0615. The van der Waals surface area contributed by atoms with E-state index in [1.165, 1.54) is 33.4 Å². The van der Waals surface area contributed by atoms with Crippen LogP contribution in [0.3, 0.4) is 0 Å². The van der Waals surface area contributed by atoms with Crippen molar-refractivity contribution < 1.29 is 4.42 Å². The van der Waals surface area contributed by atoms with Crippen LogP contribution in [0.25, 0.3) is 101 Å². The fourth-order valence-electron chi connectivity index (χ4n) is 11.6. The molecule has 0 fully saturated rings. The summed E-state index contributed by atoms with van der Waals surface area (Å²) in [6, 6.07) is 79.1. The minimum atomic E-state index is -0.673. The van der Waals surface area contributed by atoms with E-state index in [1.807, 2.05) is 60.7 Å². The Labute approximate surface area is 411 Å². The third-order valence-electron chi connectivity index (χ3n) is 14.8. The molecule has 334 valence electrons. The van der Waals surface area contributed by atoms with E-state index < -0.39 is 5.41 Å². The average molecular weight is 910 g/mol. The molecular weight excluding hydrogens is 867 g/mol. The summed E-state index contributed by atoms with van der Waals surface area (Å²) in [4.78, 5) is 26.7. The van der Waals surface area contributed by atoms with Crippen molar-refractivity contribution in [3.05, 3.63) is 258 Å². The first-order valence-electron chi connectivity index (χ1n) is 24.2. The molecule has 6 nitrogen and oxygen atoms in total. The monoisotopic (exact) mass is 909 g/mol. The molecule has 0 atom stereocenters. The molecule has 0 bridgehead atoms. The van der Waals surface area contributed by atoms with Gasteiger partial charge in [-0.05, 0) is 79.9 Å². The van der Waals surface area contributed by atoms with E-state index in [2.05, 4.69) is 178 Å². The minimum absolute atomic E-state index is 0.257. The van der Waals surface area contributed by atoms with Gasteiger partial charge in [0.25, 0.3) is 0 Å². The van der Waals surface area contributed by atoms with Crippen LogP contribution in [-0.2, 0) is 10.8 Å². The van der Waals surface area contributed by atoms with Crippen LogP contribution in [0.4, 0.5) is 0 Å². The summed E-state index contributed by atoms with van der Waals surface area (Å²) in [5.74, 6) is 2.43. The van der Waals surface area contributed by atoms with Crippen molar-refractivity contribution in [1.82, 2.24) is 24.9 Å². The molecular formula is C65H43N5O. The summed E-state index contributed by atoms with van der Waals surface area (Å²) >= 11 is 0. The standard InChI is InChI=1S/C65H43N5O/c1-64(2)50-30-13-15-32-52(50)65(53-33-16-14-31-51(53)64)49-37-36-45(62-66-57(59-58(67-62)46-28-12-17-35-55(46)71-59)44-27-18-26-43(38-44)40-20-6-3-7-21-40)39-48(49)56-47(29-19-34-54(56)65)63-69-60(41-22-8-4-9-23-41)68-61(70-63)42-24-10-5-11-25-42/h3-39H,1-2H3. The maximum absolute atomic E-state index is 6.66. The third kappa shape index (κ3) is 6.17. The van der Waals surface area contributed by atoms with Crippen molar-refractivity contribution in [3.8, 4) is 79.1 Å². The van der Waals surface area contributed by atoms with Gasteiger partial charge < -0.3 is 4.42 Å². The van der Waals surface area contributed by atoms with Crippen molar-refractivity contribution in [2.45, 2.75) is 24.7 Å². The maximum Gasteiger partial charge on any atom is 0.180 e. The van der Waals surface area contributed by atoms with Gasteiger partial charge in [0.15, 0.2) is 28.9 Å².